The van der Waals surface area contributed by atoms with Crippen molar-refractivity contribution < 1.29 is 16.8 Å². The van der Waals surface area contributed by atoms with Gasteiger partial charge in [-0.3, -0.25) is 0 Å². The molecular weight excluding hydrogens is 324 g/mol. The number of halogens is 1. The fourth-order valence-corrected chi connectivity index (χ4v) is 3.79. The minimum atomic E-state index is -3.91. The van der Waals surface area contributed by atoms with Crippen molar-refractivity contribution in [1.29, 1.82) is 0 Å². The highest BCUT2D eigenvalue weighted by atomic mass is 35.7. The van der Waals surface area contributed by atoms with Gasteiger partial charge in [0.15, 0.2) is 14.9 Å². The molecule has 0 amide bonds. The first-order valence-corrected chi connectivity index (χ1v) is 10.4. The number of aromatic nitrogens is 2. The van der Waals surface area contributed by atoms with Crippen molar-refractivity contribution in [2.75, 3.05) is 11.5 Å². The van der Waals surface area contributed by atoms with Crippen LogP contribution in [0.3, 0.4) is 0 Å². The molecule has 6 nitrogen and oxygen atoms in total. The van der Waals surface area contributed by atoms with Crippen LogP contribution in [0.15, 0.2) is 11.2 Å². The Kier molecular flexibility index (Phi) is 5.62. The van der Waals surface area contributed by atoms with Crippen LogP contribution in [0.2, 0.25) is 0 Å². The van der Waals surface area contributed by atoms with Gasteiger partial charge >= 0.3 is 0 Å². The smallest absolute Gasteiger partial charge is 0.280 e. The predicted octanol–water partition coefficient (Wildman–Crippen LogP) is 1.76. The Bertz CT molecular complexity index is 663. The van der Waals surface area contributed by atoms with Crippen molar-refractivity contribution in [2.24, 2.45) is 0 Å². The molecule has 1 rings (SSSR count). The lowest BCUT2D eigenvalue weighted by Crippen LogP contribution is -2.17. The number of sulfone groups is 1. The van der Waals surface area contributed by atoms with Crippen LogP contribution in [-0.4, -0.2) is 37.9 Å². The molecular formula is C11H19ClN2O4S2. The van der Waals surface area contributed by atoms with Crippen molar-refractivity contribution in [2.45, 2.75) is 44.7 Å². The van der Waals surface area contributed by atoms with Crippen LogP contribution in [0.5, 0.6) is 0 Å². The minimum Gasteiger partial charge on any atom is -0.332 e. The summed E-state index contributed by atoms with van der Waals surface area (Å²) in [5.74, 6) is 0.560. The molecule has 0 saturated carbocycles. The maximum absolute atomic E-state index is 11.7. The topological polar surface area (TPSA) is 86.1 Å². The first-order valence-electron chi connectivity index (χ1n) is 6.29. The van der Waals surface area contributed by atoms with E-state index in [4.69, 9.17) is 10.7 Å². The SMILES string of the molecule is CCCS(=O)(=O)CCn1cc(S(=O)(=O)Cl)nc1C(C)C. The molecule has 0 saturated heterocycles. The molecule has 0 bridgehead atoms. The van der Waals surface area contributed by atoms with E-state index in [0.29, 0.717) is 12.2 Å². The van der Waals surface area contributed by atoms with E-state index < -0.39 is 18.9 Å². The molecule has 0 fully saturated rings. The Labute approximate surface area is 124 Å². The summed E-state index contributed by atoms with van der Waals surface area (Å²) >= 11 is 0. The monoisotopic (exact) mass is 342 g/mol. The summed E-state index contributed by atoms with van der Waals surface area (Å²) in [6, 6.07) is 0. The van der Waals surface area contributed by atoms with Crippen LogP contribution in [0.25, 0.3) is 0 Å². The summed E-state index contributed by atoms with van der Waals surface area (Å²) in [6.45, 7) is 5.68. The van der Waals surface area contributed by atoms with Crippen molar-refractivity contribution >= 4 is 29.6 Å². The molecule has 116 valence electrons. The molecule has 0 spiro atoms. The molecule has 0 aliphatic rings. The average Bonchev–Trinajstić information content (AvgIpc) is 2.70. The van der Waals surface area contributed by atoms with Gasteiger partial charge in [-0.25, -0.2) is 21.8 Å². The van der Waals surface area contributed by atoms with Crippen molar-refractivity contribution in [3.8, 4) is 0 Å². The second kappa shape index (κ2) is 6.44. The van der Waals surface area contributed by atoms with Crippen molar-refractivity contribution in [3.05, 3.63) is 12.0 Å². The minimum absolute atomic E-state index is 0.0314. The number of nitrogens with zero attached hydrogens (tertiary/aromatic N) is 2. The molecule has 9 heteroatoms. The first kappa shape index (κ1) is 17.5. The number of hydrogen-bond donors (Lipinski definition) is 0. The van der Waals surface area contributed by atoms with Gasteiger partial charge in [-0.2, -0.15) is 0 Å². The van der Waals surface area contributed by atoms with Crippen LogP contribution in [-0.2, 0) is 25.4 Å². The summed E-state index contributed by atoms with van der Waals surface area (Å²) < 4.78 is 47.6. The molecule has 0 N–H and O–H groups in total. The van der Waals surface area contributed by atoms with Gasteiger partial charge in [-0.05, 0) is 6.42 Å². The van der Waals surface area contributed by atoms with Gasteiger partial charge in [-0.1, -0.05) is 20.8 Å². The maximum atomic E-state index is 11.7. The average molecular weight is 343 g/mol. The lowest BCUT2D eigenvalue weighted by molar-refractivity contribution is 0.581. The predicted molar refractivity (Wildman–Crippen MR) is 78.3 cm³/mol. The Morgan fingerprint density at radius 3 is 2.30 bits per heavy atom. The zero-order valence-electron chi connectivity index (χ0n) is 11.7. The third kappa shape index (κ3) is 4.75. The Morgan fingerprint density at radius 2 is 1.85 bits per heavy atom. The van der Waals surface area contributed by atoms with Crippen LogP contribution < -0.4 is 0 Å². The largest absolute Gasteiger partial charge is 0.332 e. The third-order valence-corrected chi connectivity index (χ3v) is 5.72. The highest BCUT2D eigenvalue weighted by Gasteiger charge is 2.20. The fourth-order valence-electron chi connectivity index (χ4n) is 1.81. The lowest BCUT2D eigenvalue weighted by atomic mass is 10.2. The molecule has 0 atom stereocenters. The fraction of sp³-hybridized carbons (Fsp3) is 0.727. The first-order chi connectivity index (χ1) is 9.07. The number of imidazole rings is 1. The second-order valence-electron chi connectivity index (χ2n) is 4.88. The van der Waals surface area contributed by atoms with E-state index in [1.165, 1.54) is 6.20 Å². The Balaban J connectivity index is 3.03. The van der Waals surface area contributed by atoms with E-state index in [9.17, 15) is 16.8 Å². The molecule has 0 radical (unpaired) electrons. The standard InChI is InChI=1S/C11H19ClN2O4S2/c1-4-6-19(15,16)7-5-14-8-10(20(12,17)18)13-11(14)9(2)3/h8-9H,4-7H2,1-3H3. The molecule has 0 aromatic carbocycles. The molecule has 1 heterocycles. The quantitative estimate of drug-likeness (QED) is 0.705. The highest BCUT2D eigenvalue weighted by molar-refractivity contribution is 8.13. The molecule has 20 heavy (non-hydrogen) atoms. The summed E-state index contributed by atoms with van der Waals surface area (Å²) in [4.78, 5) is 3.98. The normalized spacial score (nSPS) is 13.1. The summed E-state index contributed by atoms with van der Waals surface area (Å²) in [5.41, 5.74) is 0. The van der Waals surface area contributed by atoms with Gasteiger partial charge in [-0.15, -0.1) is 0 Å². The molecule has 1 aromatic rings. The molecule has 0 aliphatic heterocycles. The number of rotatable bonds is 7. The zero-order valence-corrected chi connectivity index (χ0v) is 14.1. The third-order valence-electron chi connectivity index (χ3n) is 2.71. The van der Waals surface area contributed by atoms with Crippen LogP contribution in [0.1, 0.15) is 38.9 Å². The highest BCUT2D eigenvalue weighted by Crippen LogP contribution is 2.20. The second-order valence-corrected chi connectivity index (χ2v) is 9.69. The van der Waals surface area contributed by atoms with Gasteiger partial charge in [0.25, 0.3) is 9.05 Å². The van der Waals surface area contributed by atoms with E-state index in [-0.39, 0.29) is 29.0 Å². The van der Waals surface area contributed by atoms with E-state index in [1.807, 2.05) is 13.8 Å². The molecule has 0 aliphatic carbocycles. The molecule has 1 aromatic heterocycles. The van der Waals surface area contributed by atoms with E-state index in [2.05, 4.69) is 4.98 Å². The number of hydrogen-bond acceptors (Lipinski definition) is 5. The number of aryl methyl sites for hydroxylation is 1. The van der Waals surface area contributed by atoms with E-state index in [1.54, 1.807) is 11.5 Å². The van der Waals surface area contributed by atoms with E-state index in [0.717, 1.165) is 0 Å². The zero-order chi connectivity index (χ0) is 15.6. The van der Waals surface area contributed by atoms with Gasteiger partial charge in [0.05, 0.1) is 5.75 Å². The van der Waals surface area contributed by atoms with Crippen LogP contribution in [0, 0.1) is 0 Å². The van der Waals surface area contributed by atoms with E-state index >= 15 is 0 Å². The lowest BCUT2D eigenvalue weighted by Gasteiger charge is -2.10. The van der Waals surface area contributed by atoms with Gasteiger partial charge < -0.3 is 4.57 Å². The summed E-state index contributed by atoms with van der Waals surface area (Å²) in [7, 11) is -1.77. The maximum Gasteiger partial charge on any atom is 0.280 e. The van der Waals surface area contributed by atoms with Crippen LogP contribution >= 0.6 is 10.7 Å². The van der Waals surface area contributed by atoms with Crippen LogP contribution in [0.4, 0.5) is 0 Å². The van der Waals surface area contributed by atoms with Gasteiger partial charge in [0, 0.05) is 35.1 Å². The van der Waals surface area contributed by atoms with Gasteiger partial charge in [0.2, 0.25) is 0 Å². The Morgan fingerprint density at radius 1 is 1.25 bits per heavy atom. The van der Waals surface area contributed by atoms with Crippen molar-refractivity contribution in [1.82, 2.24) is 9.55 Å². The Hall–Kier alpha value is -0.600. The van der Waals surface area contributed by atoms with Crippen molar-refractivity contribution in [3.63, 3.8) is 0 Å². The molecule has 0 unspecified atom stereocenters. The summed E-state index contributed by atoms with van der Waals surface area (Å²) in [6.07, 6.45) is 1.85. The summed E-state index contributed by atoms with van der Waals surface area (Å²) in [5, 5.41) is -0.240. The van der Waals surface area contributed by atoms with Gasteiger partial charge in [0.1, 0.15) is 5.82 Å².